The average molecular weight is 601 g/mol. The molecule has 1 aliphatic rings. The number of aromatic nitrogens is 2. The van der Waals surface area contributed by atoms with Crippen LogP contribution in [0.4, 0.5) is 5.82 Å². The smallest absolute Gasteiger partial charge is 0.240 e. The number of fused-ring (bicyclic) bond motifs is 1. The first-order valence-corrected chi connectivity index (χ1v) is 15.1. The van der Waals surface area contributed by atoms with Gasteiger partial charge in [0.25, 0.3) is 0 Å². The molecule has 1 aromatic heterocycles. The predicted molar refractivity (Wildman–Crippen MR) is 170 cm³/mol. The number of nitrogens with one attached hydrogen (secondary N) is 1. The number of carbonyl (C=O) groups excluding carboxylic acids is 2. The van der Waals surface area contributed by atoms with Crippen LogP contribution in [-0.4, -0.2) is 68.4 Å². The Morgan fingerprint density at radius 1 is 1.00 bits per heavy atom. The monoisotopic (exact) mass is 600 g/mol. The molecule has 224 valence electrons. The first-order chi connectivity index (χ1) is 20.9. The Balaban J connectivity index is 1.79. The fourth-order valence-electron chi connectivity index (χ4n) is 5.23. The molecule has 2 amide bonds. The van der Waals surface area contributed by atoms with Crippen LogP contribution in [0.15, 0.2) is 66.7 Å². The predicted octanol–water partition coefficient (Wildman–Crippen LogP) is 5.11. The summed E-state index contributed by atoms with van der Waals surface area (Å²) in [6.45, 7) is 4.66. The number of ether oxygens (including phenoxy) is 3. The van der Waals surface area contributed by atoms with Crippen LogP contribution in [0.2, 0.25) is 0 Å². The van der Waals surface area contributed by atoms with Crippen molar-refractivity contribution in [2.45, 2.75) is 19.1 Å². The normalized spacial score (nSPS) is 14.7. The van der Waals surface area contributed by atoms with Gasteiger partial charge in [-0.3, -0.25) is 14.5 Å². The van der Waals surface area contributed by atoms with Crippen molar-refractivity contribution in [1.29, 1.82) is 0 Å². The SMILES string of the molecule is COCCNC(=O)CN1C(=O)CS[C@@H](c2ccc(OC)c(OC)c2)c2c(-c3ccccc3)nn(-c3cccc(C)c3C)c21. The number of nitrogens with zero attached hydrogens (tertiary/aromatic N) is 3. The highest BCUT2D eigenvalue weighted by Gasteiger charge is 2.38. The maximum absolute atomic E-state index is 13.9. The summed E-state index contributed by atoms with van der Waals surface area (Å²) in [6, 6.07) is 21.8. The Hall–Kier alpha value is -4.28. The fraction of sp³-hybridized carbons (Fsp3) is 0.303. The van der Waals surface area contributed by atoms with Crippen LogP contribution in [0.25, 0.3) is 16.9 Å². The second-order valence-electron chi connectivity index (χ2n) is 10.2. The minimum absolute atomic E-state index is 0.153. The summed E-state index contributed by atoms with van der Waals surface area (Å²) >= 11 is 1.50. The van der Waals surface area contributed by atoms with Crippen molar-refractivity contribution in [2.75, 3.05) is 51.7 Å². The largest absolute Gasteiger partial charge is 0.493 e. The number of rotatable bonds is 10. The minimum Gasteiger partial charge on any atom is -0.493 e. The average Bonchev–Trinajstić information content (AvgIpc) is 3.34. The Kier molecular flexibility index (Phi) is 9.37. The minimum atomic E-state index is -0.297. The molecule has 10 heteroatoms. The first-order valence-electron chi connectivity index (χ1n) is 14.0. The van der Waals surface area contributed by atoms with Gasteiger partial charge in [-0.05, 0) is 48.7 Å². The van der Waals surface area contributed by atoms with Crippen LogP contribution in [-0.2, 0) is 14.3 Å². The van der Waals surface area contributed by atoms with Crippen molar-refractivity contribution in [3.05, 3.63) is 89.0 Å². The van der Waals surface area contributed by atoms with Crippen LogP contribution >= 0.6 is 11.8 Å². The lowest BCUT2D eigenvalue weighted by molar-refractivity contribution is -0.123. The van der Waals surface area contributed by atoms with Gasteiger partial charge in [-0.2, -0.15) is 5.10 Å². The third-order valence-electron chi connectivity index (χ3n) is 7.58. The van der Waals surface area contributed by atoms with Crippen LogP contribution < -0.4 is 19.7 Å². The van der Waals surface area contributed by atoms with Crippen molar-refractivity contribution < 1.29 is 23.8 Å². The molecule has 0 saturated carbocycles. The number of hydrogen-bond donors (Lipinski definition) is 1. The van der Waals surface area contributed by atoms with Crippen molar-refractivity contribution in [2.24, 2.45) is 0 Å². The highest BCUT2D eigenvalue weighted by atomic mass is 32.2. The number of benzene rings is 3. The van der Waals surface area contributed by atoms with Gasteiger partial charge < -0.3 is 19.5 Å². The summed E-state index contributed by atoms with van der Waals surface area (Å²) in [7, 11) is 4.79. The zero-order chi connectivity index (χ0) is 30.5. The molecule has 5 rings (SSSR count). The molecule has 0 saturated heterocycles. The lowest BCUT2D eigenvalue weighted by atomic mass is 9.99. The van der Waals surface area contributed by atoms with E-state index >= 15 is 0 Å². The summed E-state index contributed by atoms with van der Waals surface area (Å²) in [4.78, 5) is 28.7. The number of thioether (sulfide) groups is 1. The molecule has 4 aromatic rings. The second-order valence-corrected chi connectivity index (χ2v) is 11.3. The van der Waals surface area contributed by atoms with E-state index in [9.17, 15) is 9.59 Å². The second kappa shape index (κ2) is 13.4. The van der Waals surface area contributed by atoms with E-state index in [1.807, 2.05) is 85.3 Å². The molecule has 3 aromatic carbocycles. The molecule has 2 heterocycles. The molecule has 43 heavy (non-hydrogen) atoms. The molecule has 0 fully saturated rings. The summed E-state index contributed by atoms with van der Waals surface area (Å²) in [5.41, 5.74) is 6.40. The Labute approximate surface area is 256 Å². The lowest BCUT2D eigenvalue weighted by Crippen LogP contribution is -2.43. The third-order valence-corrected chi connectivity index (χ3v) is 8.84. The van der Waals surface area contributed by atoms with E-state index in [1.54, 1.807) is 26.2 Å². The molecule has 0 spiro atoms. The van der Waals surface area contributed by atoms with E-state index < -0.39 is 0 Å². The summed E-state index contributed by atoms with van der Waals surface area (Å²) < 4.78 is 18.1. The Morgan fingerprint density at radius 2 is 1.77 bits per heavy atom. The number of methoxy groups -OCH3 is 3. The van der Waals surface area contributed by atoms with Gasteiger partial charge in [0.05, 0.1) is 43.2 Å². The molecule has 9 nitrogen and oxygen atoms in total. The maximum atomic E-state index is 13.9. The van der Waals surface area contributed by atoms with E-state index in [-0.39, 0.29) is 29.4 Å². The van der Waals surface area contributed by atoms with Gasteiger partial charge in [0, 0.05) is 24.8 Å². The van der Waals surface area contributed by atoms with Gasteiger partial charge in [0.1, 0.15) is 12.4 Å². The van der Waals surface area contributed by atoms with Crippen molar-refractivity contribution >= 4 is 29.4 Å². The van der Waals surface area contributed by atoms with E-state index in [4.69, 9.17) is 19.3 Å². The van der Waals surface area contributed by atoms with Crippen molar-refractivity contribution in [3.63, 3.8) is 0 Å². The number of carbonyl (C=O) groups is 2. The van der Waals surface area contributed by atoms with E-state index in [0.717, 1.165) is 39.2 Å². The van der Waals surface area contributed by atoms with Crippen molar-refractivity contribution in [1.82, 2.24) is 15.1 Å². The number of hydrogen-bond acceptors (Lipinski definition) is 7. The number of aryl methyl sites for hydroxylation is 1. The molecule has 1 N–H and O–H groups in total. The van der Waals surface area contributed by atoms with Crippen molar-refractivity contribution in [3.8, 4) is 28.4 Å². The summed E-state index contributed by atoms with van der Waals surface area (Å²) in [5, 5.41) is 7.77. The van der Waals surface area contributed by atoms with Crippen LogP contribution in [0, 0.1) is 13.8 Å². The maximum Gasteiger partial charge on any atom is 0.240 e. The zero-order valence-corrected chi connectivity index (χ0v) is 25.9. The van der Waals surface area contributed by atoms with Gasteiger partial charge in [-0.25, -0.2) is 4.68 Å². The zero-order valence-electron chi connectivity index (χ0n) is 25.0. The fourth-order valence-corrected chi connectivity index (χ4v) is 6.42. The highest BCUT2D eigenvalue weighted by Crippen LogP contribution is 2.49. The number of anilines is 1. The molecule has 0 aliphatic carbocycles. The molecular formula is C33H36N4O5S. The van der Waals surface area contributed by atoms with Gasteiger partial charge >= 0.3 is 0 Å². The third kappa shape index (κ3) is 6.11. The summed E-state index contributed by atoms with van der Waals surface area (Å²) in [6.07, 6.45) is 0. The molecule has 0 unspecified atom stereocenters. The van der Waals surface area contributed by atoms with Gasteiger partial charge in [-0.1, -0.05) is 48.5 Å². The van der Waals surface area contributed by atoms with E-state index in [2.05, 4.69) is 5.32 Å². The molecule has 1 aliphatic heterocycles. The summed E-state index contributed by atoms with van der Waals surface area (Å²) in [5.74, 6) is 1.49. The Bertz CT molecular complexity index is 1620. The van der Waals surface area contributed by atoms with Crippen LogP contribution in [0.1, 0.15) is 27.5 Å². The van der Waals surface area contributed by atoms with Crippen LogP contribution in [0.5, 0.6) is 11.5 Å². The molecule has 0 radical (unpaired) electrons. The quantitative estimate of drug-likeness (QED) is 0.253. The van der Waals surface area contributed by atoms with Crippen LogP contribution in [0.3, 0.4) is 0 Å². The van der Waals surface area contributed by atoms with Gasteiger partial charge in [0.2, 0.25) is 11.8 Å². The molecule has 0 bridgehead atoms. The Morgan fingerprint density at radius 3 is 2.49 bits per heavy atom. The van der Waals surface area contributed by atoms with Gasteiger partial charge in [-0.15, -0.1) is 11.8 Å². The van der Waals surface area contributed by atoms with E-state index in [1.165, 1.54) is 11.8 Å². The lowest BCUT2D eigenvalue weighted by Gasteiger charge is -2.24. The number of amides is 2. The topological polar surface area (TPSA) is 94.9 Å². The molecule has 1 atom stereocenters. The first kappa shape index (κ1) is 30.2. The van der Waals surface area contributed by atoms with E-state index in [0.29, 0.717) is 30.5 Å². The standard InChI is InChI=1S/C33H36N4O5S/c1-21-10-9-13-25(22(21)2)37-33-30(31(35-37)23-11-7-6-8-12-23)32(24-14-15-26(41-4)27(18-24)42-5)43-20-29(39)36(33)19-28(38)34-16-17-40-3/h6-15,18,32H,16-17,19-20H2,1-5H3,(H,34,38)/t32-/m0/s1. The van der Waals surface area contributed by atoms with Gasteiger partial charge in [0.15, 0.2) is 11.5 Å². The highest BCUT2D eigenvalue weighted by molar-refractivity contribution is 8.00. The molecular weight excluding hydrogens is 564 g/mol.